The van der Waals surface area contributed by atoms with Crippen LogP contribution in [0.4, 0.5) is 5.69 Å². The van der Waals surface area contributed by atoms with Crippen molar-refractivity contribution in [3.63, 3.8) is 0 Å². The van der Waals surface area contributed by atoms with Gasteiger partial charge in [-0.1, -0.05) is 72.4 Å². The average molecular weight is 453 g/mol. The van der Waals surface area contributed by atoms with E-state index in [-0.39, 0.29) is 11.7 Å². The highest BCUT2D eigenvalue weighted by molar-refractivity contribution is 8.00. The Morgan fingerprint density at radius 1 is 0.939 bits per heavy atom. The second kappa shape index (κ2) is 10.4. The van der Waals surface area contributed by atoms with E-state index < -0.39 is 0 Å². The zero-order chi connectivity index (χ0) is 23.0. The van der Waals surface area contributed by atoms with Gasteiger partial charge >= 0.3 is 0 Å². The van der Waals surface area contributed by atoms with E-state index in [9.17, 15) is 10.1 Å². The minimum Gasteiger partial charge on any atom is -0.497 e. The summed E-state index contributed by atoms with van der Waals surface area (Å²) in [4.78, 5) is 12.5. The van der Waals surface area contributed by atoms with Crippen molar-refractivity contribution in [2.75, 3.05) is 18.2 Å². The Bertz CT molecular complexity index is 1290. The first-order chi connectivity index (χ1) is 16.2. The molecule has 0 aliphatic rings. The summed E-state index contributed by atoms with van der Waals surface area (Å²) in [5, 5.41) is 22.0. The van der Waals surface area contributed by atoms with Gasteiger partial charge in [-0.25, -0.2) is 0 Å². The number of anilines is 1. The number of nitrogens with one attached hydrogen (secondary N) is 1. The van der Waals surface area contributed by atoms with Crippen LogP contribution in [-0.4, -0.2) is 29.0 Å². The molecule has 0 aliphatic carbocycles. The van der Waals surface area contributed by atoms with Crippen molar-refractivity contribution in [2.45, 2.75) is 5.03 Å². The van der Waals surface area contributed by atoms with Crippen LogP contribution in [-0.2, 0) is 4.79 Å². The largest absolute Gasteiger partial charge is 0.497 e. The molecule has 6 nitrogen and oxygen atoms in total. The Morgan fingerprint density at radius 2 is 1.58 bits per heavy atom. The SMILES string of the molecule is COc1ccc(NC(=O)CSc2nnc(-c3ccccc3)c(-c3ccccc3)c2C#N)cc1. The molecule has 1 aromatic heterocycles. The number of benzene rings is 3. The molecule has 0 unspecified atom stereocenters. The number of hydrogen-bond donors (Lipinski definition) is 1. The maximum Gasteiger partial charge on any atom is 0.234 e. The summed E-state index contributed by atoms with van der Waals surface area (Å²) in [7, 11) is 1.59. The number of carbonyl (C=O) groups excluding carboxylic acids is 1. The molecule has 7 heteroatoms. The Hall–Kier alpha value is -4.15. The van der Waals surface area contributed by atoms with Crippen LogP contribution in [0.3, 0.4) is 0 Å². The molecule has 0 saturated heterocycles. The molecule has 1 amide bonds. The van der Waals surface area contributed by atoms with Crippen LogP contribution >= 0.6 is 11.8 Å². The van der Waals surface area contributed by atoms with Crippen molar-refractivity contribution in [3.8, 4) is 34.2 Å². The maximum atomic E-state index is 12.5. The molecular weight excluding hydrogens is 432 g/mol. The number of thioether (sulfide) groups is 1. The number of methoxy groups -OCH3 is 1. The number of amides is 1. The Kier molecular flexibility index (Phi) is 6.98. The Labute approximate surface area is 196 Å². The van der Waals surface area contributed by atoms with Gasteiger partial charge in [0.2, 0.25) is 5.91 Å². The van der Waals surface area contributed by atoms with Crippen molar-refractivity contribution in [2.24, 2.45) is 0 Å². The highest BCUT2D eigenvalue weighted by atomic mass is 32.2. The number of nitriles is 1. The molecule has 4 rings (SSSR count). The molecule has 4 aromatic rings. The van der Waals surface area contributed by atoms with Crippen LogP contribution in [0.15, 0.2) is 90.0 Å². The van der Waals surface area contributed by atoms with Crippen LogP contribution in [0.5, 0.6) is 5.75 Å². The molecule has 1 N–H and O–H groups in total. The lowest BCUT2D eigenvalue weighted by molar-refractivity contribution is -0.113. The fraction of sp³-hybridized carbons (Fsp3) is 0.0769. The third-order valence-electron chi connectivity index (χ3n) is 4.88. The molecule has 0 radical (unpaired) electrons. The molecule has 3 aromatic carbocycles. The third kappa shape index (κ3) is 5.20. The molecule has 0 bridgehead atoms. The van der Waals surface area contributed by atoms with Gasteiger partial charge in [0.1, 0.15) is 22.5 Å². The van der Waals surface area contributed by atoms with E-state index in [0.717, 1.165) is 11.1 Å². The number of nitrogens with zero attached hydrogens (tertiary/aromatic N) is 3. The maximum absolute atomic E-state index is 12.5. The zero-order valence-electron chi connectivity index (χ0n) is 17.9. The van der Waals surface area contributed by atoms with Gasteiger partial charge in [0.25, 0.3) is 0 Å². The van der Waals surface area contributed by atoms with E-state index in [1.807, 2.05) is 60.7 Å². The minimum absolute atomic E-state index is 0.0916. The van der Waals surface area contributed by atoms with E-state index in [1.54, 1.807) is 31.4 Å². The molecule has 162 valence electrons. The first-order valence-electron chi connectivity index (χ1n) is 10.2. The molecule has 0 aliphatic heterocycles. The number of carbonyl (C=O) groups is 1. The van der Waals surface area contributed by atoms with Crippen LogP contribution in [0.25, 0.3) is 22.4 Å². The fourth-order valence-corrected chi connectivity index (χ4v) is 4.05. The van der Waals surface area contributed by atoms with E-state index in [1.165, 1.54) is 11.8 Å². The zero-order valence-corrected chi connectivity index (χ0v) is 18.7. The summed E-state index contributed by atoms with van der Waals surface area (Å²) in [6.45, 7) is 0. The molecular formula is C26H20N4O2S. The van der Waals surface area contributed by atoms with Gasteiger partial charge in [0, 0.05) is 16.8 Å². The molecule has 0 atom stereocenters. The third-order valence-corrected chi connectivity index (χ3v) is 5.84. The van der Waals surface area contributed by atoms with Crippen LogP contribution in [0.1, 0.15) is 5.56 Å². The normalized spacial score (nSPS) is 10.3. The Balaban J connectivity index is 1.62. The summed E-state index contributed by atoms with van der Waals surface area (Å²) in [5.74, 6) is 0.599. The first-order valence-corrected chi connectivity index (χ1v) is 11.2. The van der Waals surface area contributed by atoms with E-state index in [0.29, 0.717) is 33.3 Å². The summed E-state index contributed by atoms with van der Waals surface area (Å²) >= 11 is 1.19. The summed E-state index contributed by atoms with van der Waals surface area (Å²) < 4.78 is 5.13. The predicted octanol–water partition coefficient (Wildman–Crippen LogP) is 5.42. The second-order valence-corrected chi connectivity index (χ2v) is 7.98. The monoisotopic (exact) mass is 452 g/mol. The quantitative estimate of drug-likeness (QED) is 0.377. The van der Waals surface area contributed by atoms with Crippen LogP contribution < -0.4 is 10.1 Å². The summed E-state index contributed by atoms with van der Waals surface area (Å²) in [6.07, 6.45) is 0. The van der Waals surface area contributed by atoms with Crippen molar-refractivity contribution >= 4 is 23.4 Å². The van der Waals surface area contributed by atoms with Gasteiger partial charge in [-0.2, -0.15) is 5.26 Å². The van der Waals surface area contributed by atoms with E-state index in [4.69, 9.17) is 4.74 Å². The minimum atomic E-state index is -0.204. The Morgan fingerprint density at radius 3 is 2.18 bits per heavy atom. The lowest BCUT2D eigenvalue weighted by Crippen LogP contribution is -2.14. The van der Waals surface area contributed by atoms with Crippen molar-refractivity contribution in [1.29, 1.82) is 5.26 Å². The van der Waals surface area contributed by atoms with Crippen molar-refractivity contribution < 1.29 is 9.53 Å². The van der Waals surface area contributed by atoms with Gasteiger partial charge < -0.3 is 10.1 Å². The molecule has 0 saturated carbocycles. The van der Waals surface area contributed by atoms with Gasteiger partial charge in [0.15, 0.2) is 0 Å². The van der Waals surface area contributed by atoms with Gasteiger partial charge in [0.05, 0.1) is 18.4 Å². The van der Waals surface area contributed by atoms with Crippen molar-refractivity contribution in [1.82, 2.24) is 10.2 Å². The van der Waals surface area contributed by atoms with Crippen LogP contribution in [0.2, 0.25) is 0 Å². The van der Waals surface area contributed by atoms with Gasteiger partial charge in [-0.3, -0.25) is 4.79 Å². The summed E-state index contributed by atoms with van der Waals surface area (Å²) in [6, 6.07) is 28.7. The van der Waals surface area contributed by atoms with E-state index in [2.05, 4.69) is 21.6 Å². The lowest BCUT2D eigenvalue weighted by atomic mass is 9.96. The number of ether oxygens (including phenoxy) is 1. The molecule has 0 spiro atoms. The standard InChI is InChI=1S/C26H20N4O2S/c1-32-21-14-12-20(13-15-21)28-23(31)17-33-26-22(16-27)24(18-8-4-2-5-9-18)25(29-30-26)19-10-6-3-7-11-19/h2-15H,17H2,1H3,(H,28,31). The number of aromatic nitrogens is 2. The highest BCUT2D eigenvalue weighted by Gasteiger charge is 2.20. The summed E-state index contributed by atoms with van der Waals surface area (Å²) in [5.41, 5.74) is 4.14. The van der Waals surface area contributed by atoms with Crippen LogP contribution in [0, 0.1) is 11.3 Å². The molecule has 1 heterocycles. The van der Waals surface area contributed by atoms with Gasteiger partial charge in [-0.05, 0) is 29.8 Å². The van der Waals surface area contributed by atoms with Gasteiger partial charge in [-0.15, -0.1) is 10.2 Å². The second-order valence-electron chi connectivity index (χ2n) is 7.01. The lowest BCUT2D eigenvalue weighted by Gasteiger charge is -2.13. The number of rotatable bonds is 7. The fourth-order valence-electron chi connectivity index (χ4n) is 3.31. The molecule has 33 heavy (non-hydrogen) atoms. The first kappa shape index (κ1) is 22.1. The number of hydrogen-bond acceptors (Lipinski definition) is 6. The van der Waals surface area contributed by atoms with E-state index >= 15 is 0 Å². The topological polar surface area (TPSA) is 87.9 Å². The van der Waals surface area contributed by atoms with Crippen molar-refractivity contribution in [3.05, 3.63) is 90.5 Å². The smallest absolute Gasteiger partial charge is 0.234 e. The molecule has 0 fully saturated rings. The predicted molar refractivity (Wildman–Crippen MR) is 130 cm³/mol. The highest BCUT2D eigenvalue weighted by Crippen LogP contribution is 2.36. The average Bonchev–Trinajstić information content (AvgIpc) is 2.88.